The van der Waals surface area contributed by atoms with Gasteiger partial charge in [-0.1, -0.05) is 0 Å². The summed E-state index contributed by atoms with van der Waals surface area (Å²) < 4.78 is 17.7. The number of benzene rings is 1. The molecule has 72 valence electrons. The third-order valence-corrected chi connectivity index (χ3v) is 1.98. The lowest BCUT2D eigenvalue weighted by atomic mass is 10.1. The van der Waals surface area contributed by atoms with Crippen LogP contribution >= 0.6 is 12.6 Å². The van der Waals surface area contributed by atoms with Crippen molar-refractivity contribution in [3.8, 4) is 6.07 Å². The molecule has 0 spiro atoms. The van der Waals surface area contributed by atoms with Crippen LogP contribution < -0.4 is 0 Å². The van der Waals surface area contributed by atoms with Crippen molar-refractivity contribution < 1.29 is 13.9 Å². The maximum atomic E-state index is 13.4. The Morgan fingerprint density at radius 3 is 2.79 bits per heavy atom. The lowest BCUT2D eigenvalue weighted by Crippen LogP contribution is -2.07. The van der Waals surface area contributed by atoms with Crippen molar-refractivity contribution in [3.05, 3.63) is 29.1 Å². The highest BCUT2D eigenvalue weighted by molar-refractivity contribution is 7.80. The van der Waals surface area contributed by atoms with Gasteiger partial charge in [0.25, 0.3) is 0 Å². The highest BCUT2D eigenvalue weighted by Gasteiger charge is 2.19. The standard InChI is InChI=1S/C9H6FNO2S/c1-13-9(12)7-5(4-11)2-3-6(14)8(7)10/h2-3,14H,1H3. The van der Waals surface area contributed by atoms with Crippen LogP contribution in [0.15, 0.2) is 17.0 Å². The molecule has 0 atom stereocenters. The van der Waals surface area contributed by atoms with Gasteiger partial charge < -0.3 is 4.74 Å². The number of carbonyl (C=O) groups is 1. The Kier molecular flexibility index (Phi) is 3.10. The number of ether oxygens (including phenoxy) is 1. The Morgan fingerprint density at radius 1 is 1.64 bits per heavy atom. The fourth-order valence-corrected chi connectivity index (χ4v) is 1.15. The maximum absolute atomic E-state index is 13.4. The fraction of sp³-hybridized carbons (Fsp3) is 0.111. The summed E-state index contributed by atoms with van der Waals surface area (Å²) in [5, 5.41) is 8.63. The van der Waals surface area contributed by atoms with Crippen molar-refractivity contribution >= 4 is 18.6 Å². The summed E-state index contributed by atoms with van der Waals surface area (Å²) in [6.45, 7) is 0. The van der Waals surface area contributed by atoms with Crippen molar-refractivity contribution in [1.29, 1.82) is 5.26 Å². The van der Waals surface area contributed by atoms with Gasteiger partial charge in [-0.25, -0.2) is 9.18 Å². The summed E-state index contributed by atoms with van der Waals surface area (Å²) in [7, 11) is 1.12. The minimum atomic E-state index is -0.880. The van der Waals surface area contributed by atoms with E-state index in [0.29, 0.717) is 0 Å². The van der Waals surface area contributed by atoms with Crippen LogP contribution in [0.3, 0.4) is 0 Å². The van der Waals surface area contributed by atoms with Crippen molar-refractivity contribution in [2.45, 2.75) is 4.90 Å². The van der Waals surface area contributed by atoms with Crippen LogP contribution in [-0.2, 0) is 4.74 Å². The third-order valence-electron chi connectivity index (χ3n) is 1.63. The van der Waals surface area contributed by atoms with Gasteiger partial charge in [0.2, 0.25) is 0 Å². The Bertz CT molecular complexity index is 426. The largest absolute Gasteiger partial charge is 0.465 e. The first kappa shape index (κ1) is 10.5. The number of esters is 1. The van der Waals surface area contributed by atoms with Gasteiger partial charge in [-0.05, 0) is 12.1 Å². The normalized spacial score (nSPS) is 9.29. The lowest BCUT2D eigenvalue weighted by molar-refractivity contribution is 0.0594. The van der Waals surface area contributed by atoms with Crippen LogP contribution in [0.5, 0.6) is 0 Å². The molecule has 1 aromatic rings. The zero-order valence-electron chi connectivity index (χ0n) is 7.24. The molecule has 0 aliphatic heterocycles. The molecule has 3 nitrogen and oxygen atoms in total. The van der Waals surface area contributed by atoms with Gasteiger partial charge in [0.05, 0.1) is 12.7 Å². The third kappa shape index (κ3) is 1.70. The van der Waals surface area contributed by atoms with E-state index in [4.69, 9.17) is 5.26 Å². The minimum absolute atomic E-state index is 0.00407. The molecule has 0 fully saturated rings. The number of hydrogen-bond donors (Lipinski definition) is 1. The van der Waals surface area contributed by atoms with E-state index in [-0.39, 0.29) is 16.0 Å². The number of nitrogens with zero attached hydrogens (tertiary/aromatic N) is 1. The second-order valence-electron chi connectivity index (χ2n) is 2.42. The number of hydrogen-bond acceptors (Lipinski definition) is 4. The average molecular weight is 211 g/mol. The molecular formula is C9H6FNO2S. The van der Waals surface area contributed by atoms with Gasteiger partial charge in [0.1, 0.15) is 11.6 Å². The number of halogens is 1. The highest BCUT2D eigenvalue weighted by atomic mass is 32.1. The molecule has 0 unspecified atom stereocenters. The number of thiol groups is 1. The van der Waals surface area contributed by atoms with E-state index in [1.54, 1.807) is 6.07 Å². The van der Waals surface area contributed by atoms with E-state index in [9.17, 15) is 9.18 Å². The molecule has 1 rings (SSSR count). The summed E-state index contributed by atoms with van der Waals surface area (Å²) in [6.07, 6.45) is 0. The smallest absolute Gasteiger partial charge is 0.342 e. The van der Waals surface area contributed by atoms with Crippen LogP contribution in [0.1, 0.15) is 15.9 Å². The van der Waals surface area contributed by atoms with Crippen molar-refractivity contribution in [1.82, 2.24) is 0 Å². The molecule has 0 aromatic heterocycles. The summed E-state index contributed by atoms with van der Waals surface area (Å²) in [4.78, 5) is 11.1. The van der Waals surface area contributed by atoms with Crippen LogP contribution in [0.25, 0.3) is 0 Å². The van der Waals surface area contributed by atoms with Crippen molar-refractivity contribution in [2.75, 3.05) is 7.11 Å². The molecule has 5 heteroatoms. The Balaban J connectivity index is 3.45. The van der Waals surface area contributed by atoms with Crippen LogP contribution in [-0.4, -0.2) is 13.1 Å². The molecule has 0 bridgehead atoms. The Labute approximate surface area is 85.5 Å². The second kappa shape index (κ2) is 4.11. The Morgan fingerprint density at radius 2 is 2.29 bits per heavy atom. The highest BCUT2D eigenvalue weighted by Crippen LogP contribution is 2.20. The number of nitriles is 1. The first-order valence-electron chi connectivity index (χ1n) is 3.61. The van der Waals surface area contributed by atoms with Crippen LogP contribution in [0.2, 0.25) is 0 Å². The van der Waals surface area contributed by atoms with E-state index in [0.717, 1.165) is 7.11 Å². The molecule has 0 radical (unpaired) electrons. The zero-order valence-corrected chi connectivity index (χ0v) is 8.14. The van der Waals surface area contributed by atoms with Gasteiger partial charge >= 0.3 is 5.97 Å². The first-order valence-corrected chi connectivity index (χ1v) is 4.06. The number of rotatable bonds is 1. The van der Waals surface area contributed by atoms with E-state index in [2.05, 4.69) is 17.4 Å². The minimum Gasteiger partial charge on any atom is -0.465 e. The molecular weight excluding hydrogens is 205 g/mol. The van der Waals surface area contributed by atoms with Crippen molar-refractivity contribution in [2.24, 2.45) is 0 Å². The van der Waals surface area contributed by atoms with Gasteiger partial charge in [0, 0.05) is 4.90 Å². The van der Waals surface area contributed by atoms with E-state index in [1.807, 2.05) is 0 Å². The van der Waals surface area contributed by atoms with Gasteiger partial charge in [-0.3, -0.25) is 0 Å². The van der Waals surface area contributed by atoms with E-state index >= 15 is 0 Å². The van der Waals surface area contributed by atoms with Gasteiger partial charge in [0.15, 0.2) is 5.82 Å². The molecule has 0 saturated heterocycles. The SMILES string of the molecule is COC(=O)c1c(C#N)ccc(S)c1F. The van der Waals surface area contributed by atoms with E-state index in [1.165, 1.54) is 12.1 Å². The zero-order chi connectivity index (χ0) is 10.7. The molecule has 1 aromatic carbocycles. The summed E-state index contributed by atoms with van der Waals surface area (Å²) in [5.41, 5.74) is -0.436. The summed E-state index contributed by atoms with van der Waals surface area (Å²) in [5.74, 6) is -1.71. The molecule has 0 saturated carbocycles. The van der Waals surface area contributed by atoms with Gasteiger partial charge in [-0.15, -0.1) is 12.6 Å². The fourth-order valence-electron chi connectivity index (χ4n) is 0.960. The predicted octanol–water partition coefficient (Wildman–Crippen LogP) is 1.77. The molecule has 0 heterocycles. The summed E-state index contributed by atoms with van der Waals surface area (Å²) >= 11 is 3.79. The van der Waals surface area contributed by atoms with Crippen molar-refractivity contribution in [3.63, 3.8) is 0 Å². The Hall–Kier alpha value is -1.54. The monoisotopic (exact) mass is 211 g/mol. The molecule has 0 aliphatic rings. The first-order chi connectivity index (χ1) is 6.61. The predicted molar refractivity (Wildman–Crippen MR) is 49.7 cm³/mol. The quantitative estimate of drug-likeness (QED) is 0.569. The molecule has 0 aliphatic carbocycles. The molecule has 0 N–H and O–H groups in total. The topological polar surface area (TPSA) is 50.1 Å². The molecule has 14 heavy (non-hydrogen) atoms. The molecule has 0 amide bonds. The maximum Gasteiger partial charge on any atom is 0.342 e. The summed E-state index contributed by atoms with van der Waals surface area (Å²) in [6, 6.07) is 4.33. The number of carbonyl (C=O) groups excluding carboxylic acids is 1. The number of methoxy groups -OCH3 is 1. The van der Waals surface area contributed by atoms with Crippen LogP contribution in [0.4, 0.5) is 4.39 Å². The average Bonchev–Trinajstić information content (AvgIpc) is 2.20. The van der Waals surface area contributed by atoms with Crippen LogP contribution in [0, 0.1) is 17.1 Å². The second-order valence-corrected chi connectivity index (χ2v) is 2.91. The van der Waals surface area contributed by atoms with E-state index < -0.39 is 11.8 Å². The van der Waals surface area contributed by atoms with Gasteiger partial charge in [-0.2, -0.15) is 5.26 Å². The lowest BCUT2D eigenvalue weighted by Gasteiger charge is -2.04.